The summed E-state index contributed by atoms with van der Waals surface area (Å²) in [6.45, 7) is 2.51. The van der Waals surface area contributed by atoms with Crippen molar-refractivity contribution in [2.24, 2.45) is 7.05 Å². The molecule has 20 heavy (non-hydrogen) atoms. The second-order valence-corrected chi connectivity index (χ2v) is 4.29. The van der Waals surface area contributed by atoms with Crippen LogP contribution >= 0.6 is 0 Å². The number of aliphatic carboxylic acids is 1. The van der Waals surface area contributed by atoms with Crippen LogP contribution in [0.15, 0.2) is 12.4 Å². The average Bonchev–Trinajstić information content (AvgIpc) is 2.81. The SMILES string of the molecule is C#CCN(CCC)C(=O)NC(C(=O)O)c1cnn(C)c1. The molecule has 7 heteroatoms. The molecule has 1 rings (SSSR count). The Balaban J connectivity index is 2.82. The molecule has 1 heterocycles. The summed E-state index contributed by atoms with van der Waals surface area (Å²) in [6.07, 6.45) is 8.89. The van der Waals surface area contributed by atoms with Crippen molar-refractivity contribution < 1.29 is 14.7 Å². The third-order valence-corrected chi connectivity index (χ3v) is 2.64. The highest BCUT2D eigenvalue weighted by molar-refractivity contribution is 5.83. The third kappa shape index (κ3) is 4.02. The summed E-state index contributed by atoms with van der Waals surface area (Å²) in [5.74, 6) is 1.23. The van der Waals surface area contributed by atoms with Gasteiger partial charge in [0.25, 0.3) is 0 Å². The molecule has 7 nitrogen and oxygen atoms in total. The molecule has 0 fully saturated rings. The number of nitrogens with zero attached hydrogens (tertiary/aromatic N) is 3. The minimum absolute atomic E-state index is 0.138. The van der Waals surface area contributed by atoms with Crippen LogP contribution in [0.4, 0.5) is 4.79 Å². The fraction of sp³-hybridized carbons (Fsp3) is 0.462. The standard InChI is InChI=1S/C13H18N4O3/c1-4-6-17(7-5-2)13(20)15-11(12(18)19)10-8-14-16(3)9-10/h1,8-9,11H,5-7H2,2-3H3,(H,15,20)(H,18,19). The van der Waals surface area contributed by atoms with Crippen molar-refractivity contribution >= 4 is 12.0 Å². The maximum Gasteiger partial charge on any atom is 0.331 e. The zero-order chi connectivity index (χ0) is 15.1. The first-order valence-corrected chi connectivity index (χ1v) is 6.19. The van der Waals surface area contributed by atoms with Gasteiger partial charge in [-0.1, -0.05) is 12.8 Å². The predicted octanol–water partition coefficient (Wildman–Crippen LogP) is 0.601. The molecule has 0 radical (unpaired) electrons. The van der Waals surface area contributed by atoms with E-state index in [0.717, 1.165) is 6.42 Å². The second kappa shape index (κ2) is 7.19. The quantitative estimate of drug-likeness (QED) is 0.746. The zero-order valence-corrected chi connectivity index (χ0v) is 11.5. The molecule has 0 spiro atoms. The van der Waals surface area contributed by atoms with Crippen LogP contribution in [0.1, 0.15) is 24.9 Å². The summed E-state index contributed by atoms with van der Waals surface area (Å²) in [5.41, 5.74) is 0.408. The number of aromatic nitrogens is 2. The highest BCUT2D eigenvalue weighted by atomic mass is 16.4. The summed E-state index contributed by atoms with van der Waals surface area (Å²) < 4.78 is 1.47. The van der Waals surface area contributed by atoms with E-state index in [2.05, 4.69) is 16.3 Å². The topological polar surface area (TPSA) is 87.5 Å². The molecule has 108 valence electrons. The van der Waals surface area contributed by atoms with Crippen LogP contribution < -0.4 is 5.32 Å². The molecule has 0 aromatic carbocycles. The highest BCUT2D eigenvalue weighted by Crippen LogP contribution is 2.12. The lowest BCUT2D eigenvalue weighted by molar-refractivity contribution is -0.139. The number of aryl methyl sites for hydroxylation is 1. The van der Waals surface area contributed by atoms with E-state index in [0.29, 0.717) is 12.1 Å². The Morgan fingerprint density at radius 1 is 1.65 bits per heavy atom. The highest BCUT2D eigenvalue weighted by Gasteiger charge is 2.25. The van der Waals surface area contributed by atoms with Gasteiger partial charge in [-0.2, -0.15) is 5.10 Å². The zero-order valence-electron chi connectivity index (χ0n) is 11.5. The molecule has 0 saturated heterocycles. The van der Waals surface area contributed by atoms with E-state index < -0.39 is 18.0 Å². The molecular formula is C13H18N4O3. The van der Waals surface area contributed by atoms with Crippen LogP contribution in [0.2, 0.25) is 0 Å². The van der Waals surface area contributed by atoms with E-state index in [4.69, 9.17) is 6.42 Å². The Labute approximate surface area is 117 Å². The molecule has 1 aromatic heterocycles. The Kier molecular flexibility index (Phi) is 5.59. The Hall–Kier alpha value is -2.49. The lowest BCUT2D eigenvalue weighted by Gasteiger charge is -2.22. The molecule has 0 aliphatic carbocycles. The van der Waals surface area contributed by atoms with Crippen LogP contribution in [0.3, 0.4) is 0 Å². The summed E-state index contributed by atoms with van der Waals surface area (Å²) in [6, 6.07) is -1.64. The maximum atomic E-state index is 12.0. The van der Waals surface area contributed by atoms with Crippen molar-refractivity contribution in [1.29, 1.82) is 0 Å². The number of hydrogen-bond acceptors (Lipinski definition) is 3. The Morgan fingerprint density at radius 3 is 2.80 bits per heavy atom. The smallest absolute Gasteiger partial charge is 0.331 e. The third-order valence-electron chi connectivity index (χ3n) is 2.64. The van der Waals surface area contributed by atoms with Gasteiger partial charge in [0.15, 0.2) is 6.04 Å². The van der Waals surface area contributed by atoms with Gasteiger partial charge in [0.1, 0.15) is 0 Å². The summed E-state index contributed by atoms with van der Waals surface area (Å²) in [5, 5.41) is 15.6. The summed E-state index contributed by atoms with van der Waals surface area (Å²) >= 11 is 0. The predicted molar refractivity (Wildman–Crippen MR) is 72.8 cm³/mol. The number of rotatable bonds is 6. The van der Waals surface area contributed by atoms with Gasteiger partial charge in [-0.05, 0) is 6.42 Å². The number of carboxylic acid groups (broad SMARTS) is 1. The summed E-state index contributed by atoms with van der Waals surface area (Å²) in [4.78, 5) is 24.7. The van der Waals surface area contributed by atoms with E-state index in [1.165, 1.54) is 15.8 Å². The molecule has 1 unspecified atom stereocenters. The van der Waals surface area contributed by atoms with Crippen LogP contribution in [-0.4, -0.2) is 44.9 Å². The molecule has 0 bridgehead atoms. The van der Waals surface area contributed by atoms with Crippen molar-refractivity contribution in [2.45, 2.75) is 19.4 Å². The van der Waals surface area contributed by atoms with Crippen molar-refractivity contribution in [2.75, 3.05) is 13.1 Å². The van der Waals surface area contributed by atoms with E-state index in [1.54, 1.807) is 13.2 Å². The maximum absolute atomic E-state index is 12.0. The van der Waals surface area contributed by atoms with Crippen LogP contribution in [0.25, 0.3) is 0 Å². The summed E-state index contributed by atoms with van der Waals surface area (Å²) in [7, 11) is 1.67. The Morgan fingerprint density at radius 2 is 2.35 bits per heavy atom. The number of carboxylic acids is 1. The van der Waals surface area contributed by atoms with Crippen LogP contribution in [0, 0.1) is 12.3 Å². The minimum atomic E-state index is -1.15. The van der Waals surface area contributed by atoms with Gasteiger partial charge in [-0.15, -0.1) is 6.42 Å². The van der Waals surface area contributed by atoms with Crippen molar-refractivity contribution in [3.05, 3.63) is 18.0 Å². The number of nitrogens with one attached hydrogen (secondary N) is 1. The molecule has 1 aromatic rings. The van der Waals surface area contributed by atoms with Gasteiger partial charge in [-0.3, -0.25) is 4.68 Å². The van der Waals surface area contributed by atoms with Gasteiger partial charge in [0, 0.05) is 25.4 Å². The normalized spacial score (nSPS) is 11.4. The van der Waals surface area contributed by atoms with E-state index in [9.17, 15) is 14.7 Å². The monoisotopic (exact) mass is 278 g/mol. The largest absolute Gasteiger partial charge is 0.479 e. The van der Waals surface area contributed by atoms with Gasteiger partial charge >= 0.3 is 12.0 Å². The lowest BCUT2D eigenvalue weighted by atomic mass is 10.1. The van der Waals surface area contributed by atoms with E-state index in [-0.39, 0.29) is 6.54 Å². The second-order valence-electron chi connectivity index (χ2n) is 4.29. The van der Waals surface area contributed by atoms with Crippen molar-refractivity contribution in [3.63, 3.8) is 0 Å². The average molecular weight is 278 g/mol. The minimum Gasteiger partial charge on any atom is -0.479 e. The molecule has 2 amide bonds. The van der Waals surface area contributed by atoms with Gasteiger partial charge < -0.3 is 15.3 Å². The lowest BCUT2D eigenvalue weighted by Crippen LogP contribution is -2.44. The van der Waals surface area contributed by atoms with Crippen molar-refractivity contribution in [3.8, 4) is 12.3 Å². The number of hydrogen-bond donors (Lipinski definition) is 2. The Bertz CT molecular complexity index is 518. The fourth-order valence-corrected chi connectivity index (χ4v) is 1.72. The van der Waals surface area contributed by atoms with Gasteiger partial charge in [0.05, 0.1) is 12.7 Å². The number of carbonyl (C=O) groups is 2. The van der Waals surface area contributed by atoms with E-state index >= 15 is 0 Å². The molecule has 0 aliphatic heterocycles. The first-order valence-electron chi connectivity index (χ1n) is 6.19. The fourth-order valence-electron chi connectivity index (χ4n) is 1.72. The molecule has 0 aliphatic rings. The first kappa shape index (κ1) is 15.6. The number of carbonyl (C=O) groups excluding carboxylic acids is 1. The van der Waals surface area contributed by atoms with Crippen LogP contribution in [-0.2, 0) is 11.8 Å². The van der Waals surface area contributed by atoms with Crippen molar-refractivity contribution in [1.82, 2.24) is 20.0 Å². The van der Waals surface area contributed by atoms with E-state index in [1.807, 2.05) is 6.92 Å². The molecule has 0 saturated carbocycles. The van der Waals surface area contributed by atoms with Gasteiger partial charge in [-0.25, -0.2) is 9.59 Å². The number of amides is 2. The first-order chi connectivity index (χ1) is 9.49. The van der Waals surface area contributed by atoms with Gasteiger partial charge in [0.2, 0.25) is 0 Å². The number of terminal acetylenes is 1. The molecule has 2 N–H and O–H groups in total. The molecular weight excluding hydrogens is 260 g/mol. The van der Waals surface area contributed by atoms with Crippen LogP contribution in [0.5, 0.6) is 0 Å². The number of urea groups is 1. The molecule has 1 atom stereocenters.